The molecule has 5 nitrogen and oxygen atoms in total. The molecule has 2 fully saturated rings. The van der Waals surface area contributed by atoms with Crippen LogP contribution < -0.4 is 5.32 Å². The summed E-state index contributed by atoms with van der Waals surface area (Å²) in [7, 11) is 0. The van der Waals surface area contributed by atoms with E-state index < -0.39 is 11.4 Å². The van der Waals surface area contributed by atoms with E-state index in [-0.39, 0.29) is 5.91 Å². The number of likely N-dealkylation sites (tertiary alicyclic amines) is 1. The first-order valence-corrected chi connectivity index (χ1v) is 6.76. The number of amides is 1. The fourth-order valence-electron chi connectivity index (χ4n) is 2.82. The van der Waals surface area contributed by atoms with Gasteiger partial charge in [-0.2, -0.15) is 0 Å². The zero-order chi connectivity index (χ0) is 13.2. The standard InChI is InChI=1S/C13H22N2O3/c1-13(12(17)18)6-7-15(9-13)11(16)8-14-10-4-2-3-5-10/h10,14H,2-9H2,1H3,(H,17,18). The first kappa shape index (κ1) is 13.3. The molecular weight excluding hydrogens is 232 g/mol. The van der Waals surface area contributed by atoms with Gasteiger partial charge in [-0.15, -0.1) is 0 Å². The summed E-state index contributed by atoms with van der Waals surface area (Å²) in [6.07, 6.45) is 5.34. The second kappa shape index (κ2) is 5.26. The van der Waals surface area contributed by atoms with Gasteiger partial charge in [0.05, 0.1) is 12.0 Å². The molecule has 1 saturated heterocycles. The van der Waals surface area contributed by atoms with Gasteiger partial charge in [-0.25, -0.2) is 0 Å². The predicted octanol–water partition coefficient (Wildman–Crippen LogP) is 0.842. The molecule has 0 aromatic heterocycles. The van der Waals surface area contributed by atoms with Crippen LogP contribution >= 0.6 is 0 Å². The monoisotopic (exact) mass is 254 g/mol. The Morgan fingerprint density at radius 1 is 1.39 bits per heavy atom. The number of carbonyl (C=O) groups excluding carboxylic acids is 1. The molecule has 2 N–H and O–H groups in total. The van der Waals surface area contributed by atoms with Crippen molar-refractivity contribution in [2.24, 2.45) is 5.41 Å². The molecular formula is C13H22N2O3. The molecule has 1 aliphatic carbocycles. The molecule has 2 rings (SSSR count). The molecule has 1 saturated carbocycles. The Bertz CT molecular complexity index is 339. The molecule has 0 aromatic carbocycles. The van der Waals surface area contributed by atoms with E-state index in [1.54, 1.807) is 11.8 Å². The number of carboxylic acids is 1. The highest BCUT2D eigenvalue weighted by Crippen LogP contribution is 2.30. The quantitative estimate of drug-likeness (QED) is 0.780. The SMILES string of the molecule is CC1(C(=O)O)CCN(C(=O)CNC2CCCC2)C1. The maximum atomic E-state index is 12.0. The van der Waals surface area contributed by atoms with Crippen molar-refractivity contribution in [2.75, 3.05) is 19.6 Å². The van der Waals surface area contributed by atoms with Gasteiger partial charge in [-0.1, -0.05) is 12.8 Å². The van der Waals surface area contributed by atoms with Crippen LogP contribution in [-0.4, -0.2) is 47.6 Å². The van der Waals surface area contributed by atoms with Crippen LogP contribution in [0.1, 0.15) is 39.0 Å². The van der Waals surface area contributed by atoms with E-state index in [1.807, 2.05) is 0 Å². The van der Waals surface area contributed by atoms with Gasteiger partial charge in [0.25, 0.3) is 0 Å². The van der Waals surface area contributed by atoms with Crippen LogP contribution in [0.2, 0.25) is 0 Å². The summed E-state index contributed by atoms with van der Waals surface area (Å²) in [6.45, 7) is 2.97. The highest BCUT2D eigenvalue weighted by Gasteiger charge is 2.41. The molecule has 5 heteroatoms. The number of hydrogen-bond acceptors (Lipinski definition) is 3. The van der Waals surface area contributed by atoms with Gasteiger partial charge in [-0.3, -0.25) is 9.59 Å². The molecule has 102 valence electrons. The van der Waals surface area contributed by atoms with Gasteiger partial charge >= 0.3 is 5.97 Å². The Morgan fingerprint density at radius 2 is 2.06 bits per heavy atom. The summed E-state index contributed by atoms with van der Waals surface area (Å²) >= 11 is 0. The zero-order valence-corrected chi connectivity index (χ0v) is 10.9. The molecule has 18 heavy (non-hydrogen) atoms. The van der Waals surface area contributed by atoms with Crippen LogP contribution in [0, 0.1) is 5.41 Å². The summed E-state index contributed by atoms with van der Waals surface area (Å²) in [6, 6.07) is 0.474. The smallest absolute Gasteiger partial charge is 0.311 e. The fraction of sp³-hybridized carbons (Fsp3) is 0.846. The average molecular weight is 254 g/mol. The Morgan fingerprint density at radius 3 is 2.61 bits per heavy atom. The second-order valence-corrected chi connectivity index (χ2v) is 5.79. The number of carbonyl (C=O) groups is 2. The van der Waals surface area contributed by atoms with Crippen LogP contribution in [0.5, 0.6) is 0 Å². The molecule has 2 aliphatic rings. The van der Waals surface area contributed by atoms with Crippen molar-refractivity contribution in [3.63, 3.8) is 0 Å². The minimum absolute atomic E-state index is 0.0341. The molecule has 0 bridgehead atoms. The van der Waals surface area contributed by atoms with Crippen molar-refractivity contribution >= 4 is 11.9 Å². The van der Waals surface area contributed by atoms with E-state index in [4.69, 9.17) is 5.11 Å². The summed E-state index contributed by atoms with van der Waals surface area (Å²) in [5.41, 5.74) is -0.761. The lowest BCUT2D eigenvalue weighted by molar-refractivity contribution is -0.147. The van der Waals surface area contributed by atoms with Gasteiger partial charge in [0, 0.05) is 19.1 Å². The van der Waals surface area contributed by atoms with Gasteiger partial charge in [0.2, 0.25) is 5.91 Å². The fourth-order valence-corrected chi connectivity index (χ4v) is 2.82. The van der Waals surface area contributed by atoms with Crippen LogP contribution in [0.3, 0.4) is 0 Å². The van der Waals surface area contributed by atoms with Gasteiger partial charge < -0.3 is 15.3 Å². The average Bonchev–Trinajstić information content (AvgIpc) is 2.95. The number of rotatable bonds is 4. The van der Waals surface area contributed by atoms with Crippen LogP contribution in [0.15, 0.2) is 0 Å². The minimum atomic E-state index is -0.804. The first-order chi connectivity index (χ1) is 8.51. The van der Waals surface area contributed by atoms with E-state index in [0.29, 0.717) is 32.1 Å². The highest BCUT2D eigenvalue weighted by atomic mass is 16.4. The lowest BCUT2D eigenvalue weighted by Gasteiger charge is -2.21. The third-order valence-corrected chi connectivity index (χ3v) is 4.24. The summed E-state index contributed by atoms with van der Waals surface area (Å²) in [5, 5.41) is 12.4. The van der Waals surface area contributed by atoms with Gasteiger partial charge in [0.1, 0.15) is 0 Å². The Balaban J connectivity index is 1.78. The van der Waals surface area contributed by atoms with E-state index in [2.05, 4.69) is 5.32 Å². The molecule has 1 heterocycles. The summed E-state index contributed by atoms with van der Waals surface area (Å²) < 4.78 is 0. The third kappa shape index (κ3) is 2.83. The van der Waals surface area contributed by atoms with E-state index in [1.165, 1.54) is 12.8 Å². The number of nitrogens with one attached hydrogen (secondary N) is 1. The number of nitrogens with zero attached hydrogens (tertiary/aromatic N) is 1. The predicted molar refractivity (Wildman–Crippen MR) is 67.2 cm³/mol. The normalized spacial score (nSPS) is 28.8. The van der Waals surface area contributed by atoms with Crippen LogP contribution in [0.25, 0.3) is 0 Å². The summed E-state index contributed by atoms with van der Waals surface area (Å²) in [4.78, 5) is 24.8. The van der Waals surface area contributed by atoms with Crippen molar-refractivity contribution in [1.29, 1.82) is 0 Å². The van der Waals surface area contributed by atoms with Crippen molar-refractivity contribution in [1.82, 2.24) is 10.2 Å². The number of hydrogen-bond donors (Lipinski definition) is 2. The lowest BCUT2D eigenvalue weighted by Crippen LogP contribution is -2.41. The van der Waals surface area contributed by atoms with Gasteiger partial charge in [-0.05, 0) is 26.2 Å². The van der Waals surface area contributed by atoms with Crippen molar-refractivity contribution < 1.29 is 14.7 Å². The zero-order valence-electron chi connectivity index (χ0n) is 10.9. The number of aliphatic carboxylic acids is 1. The Labute approximate surface area is 108 Å². The van der Waals surface area contributed by atoms with Crippen LogP contribution in [-0.2, 0) is 9.59 Å². The largest absolute Gasteiger partial charge is 0.481 e. The third-order valence-electron chi connectivity index (χ3n) is 4.24. The Kier molecular flexibility index (Phi) is 3.90. The molecule has 1 aliphatic heterocycles. The minimum Gasteiger partial charge on any atom is -0.481 e. The highest BCUT2D eigenvalue weighted by molar-refractivity contribution is 5.81. The molecule has 1 amide bonds. The topological polar surface area (TPSA) is 69.6 Å². The van der Waals surface area contributed by atoms with Crippen LogP contribution in [0.4, 0.5) is 0 Å². The molecule has 0 radical (unpaired) electrons. The van der Waals surface area contributed by atoms with Crippen molar-refractivity contribution in [2.45, 2.75) is 45.1 Å². The maximum absolute atomic E-state index is 12.0. The lowest BCUT2D eigenvalue weighted by atomic mass is 9.90. The maximum Gasteiger partial charge on any atom is 0.311 e. The van der Waals surface area contributed by atoms with Gasteiger partial charge in [0.15, 0.2) is 0 Å². The van der Waals surface area contributed by atoms with Crippen molar-refractivity contribution in [3.8, 4) is 0 Å². The van der Waals surface area contributed by atoms with E-state index in [9.17, 15) is 9.59 Å². The second-order valence-electron chi connectivity index (χ2n) is 5.79. The number of carboxylic acid groups (broad SMARTS) is 1. The molecule has 0 aromatic rings. The van der Waals surface area contributed by atoms with E-state index in [0.717, 1.165) is 12.8 Å². The first-order valence-electron chi connectivity index (χ1n) is 6.76. The molecule has 1 atom stereocenters. The molecule has 0 spiro atoms. The molecule has 1 unspecified atom stereocenters. The van der Waals surface area contributed by atoms with E-state index >= 15 is 0 Å². The van der Waals surface area contributed by atoms with Crippen molar-refractivity contribution in [3.05, 3.63) is 0 Å². The summed E-state index contributed by atoms with van der Waals surface area (Å²) in [5.74, 6) is -0.770. The Hall–Kier alpha value is -1.10.